The van der Waals surface area contributed by atoms with Crippen molar-refractivity contribution in [1.29, 1.82) is 0 Å². The molecular formula is C10H13N3OS. The molecule has 15 heavy (non-hydrogen) atoms. The van der Waals surface area contributed by atoms with Crippen LogP contribution in [-0.4, -0.2) is 22.7 Å². The number of hydrogen-bond acceptors (Lipinski definition) is 4. The maximum absolute atomic E-state index is 11.6. The van der Waals surface area contributed by atoms with E-state index in [-0.39, 0.29) is 11.2 Å². The highest BCUT2D eigenvalue weighted by Crippen LogP contribution is 2.27. The summed E-state index contributed by atoms with van der Waals surface area (Å²) in [6.45, 7) is 2.46. The van der Waals surface area contributed by atoms with Crippen LogP contribution in [0.25, 0.3) is 0 Å². The summed E-state index contributed by atoms with van der Waals surface area (Å²) in [5, 5.41) is 0.0826. The molecule has 80 valence electrons. The molecule has 1 aliphatic rings. The fourth-order valence-corrected chi connectivity index (χ4v) is 1.98. The molecule has 5 heteroatoms. The molecule has 2 N–H and O–H groups in total. The Labute approximate surface area is 93.9 Å². The van der Waals surface area contributed by atoms with Gasteiger partial charge < -0.3 is 5.73 Å². The lowest BCUT2D eigenvalue weighted by molar-refractivity contribution is -0.117. The molecule has 0 spiro atoms. The van der Waals surface area contributed by atoms with E-state index in [1.165, 1.54) is 0 Å². The maximum atomic E-state index is 11.6. The lowest BCUT2D eigenvalue weighted by Crippen LogP contribution is -2.26. The number of nitrogens with zero attached hydrogens (tertiary/aromatic N) is 2. The number of carbonyl (C=O) groups is 1. The number of nitrogen functional groups attached to an aromatic ring is 1. The fraction of sp³-hybridized carbons (Fsp3) is 0.400. The Balaban J connectivity index is 2.37. The second-order valence-corrected chi connectivity index (χ2v) is 4.46. The number of thiol groups is 1. The van der Waals surface area contributed by atoms with E-state index in [0.29, 0.717) is 24.5 Å². The highest BCUT2D eigenvalue weighted by molar-refractivity contribution is 7.81. The highest BCUT2D eigenvalue weighted by atomic mass is 32.1. The zero-order valence-corrected chi connectivity index (χ0v) is 9.37. The number of anilines is 2. The van der Waals surface area contributed by atoms with E-state index < -0.39 is 0 Å². The van der Waals surface area contributed by atoms with E-state index in [1.807, 2.05) is 13.0 Å². The molecule has 0 radical (unpaired) electrons. The van der Waals surface area contributed by atoms with Gasteiger partial charge >= 0.3 is 0 Å². The number of rotatable bonds is 1. The third-order valence-corrected chi connectivity index (χ3v) is 2.75. The van der Waals surface area contributed by atoms with Crippen molar-refractivity contribution in [1.82, 2.24) is 4.98 Å². The van der Waals surface area contributed by atoms with Gasteiger partial charge in [-0.05, 0) is 19.1 Å². The fourth-order valence-electron chi connectivity index (χ4n) is 1.66. The first-order valence-corrected chi connectivity index (χ1v) is 5.31. The maximum Gasteiger partial charge on any atom is 0.229 e. The Bertz CT molecular complexity index is 408. The molecule has 0 saturated carbocycles. The van der Waals surface area contributed by atoms with Crippen molar-refractivity contribution < 1.29 is 4.79 Å². The molecule has 2 heterocycles. The molecule has 4 nitrogen and oxygen atoms in total. The summed E-state index contributed by atoms with van der Waals surface area (Å²) in [6.07, 6.45) is 0.457. The third kappa shape index (κ3) is 1.92. The van der Waals surface area contributed by atoms with Gasteiger partial charge in [0, 0.05) is 23.9 Å². The minimum Gasteiger partial charge on any atom is -0.396 e. The number of carbonyl (C=O) groups excluding carboxylic acids is 1. The Morgan fingerprint density at radius 1 is 1.60 bits per heavy atom. The van der Waals surface area contributed by atoms with Gasteiger partial charge in [0.25, 0.3) is 0 Å². The molecule has 1 aliphatic heterocycles. The van der Waals surface area contributed by atoms with E-state index in [0.717, 1.165) is 5.69 Å². The third-order valence-electron chi connectivity index (χ3n) is 2.40. The predicted molar refractivity (Wildman–Crippen MR) is 63.1 cm³/mol. The molecule has 0 aliphatic carbocycles. The minimum absolute atomic E-state index is 0.0415. The first kappa shape index (κ1) is 10.3. The quantitative estimate of drug-likeness (QED) is 0.698. The number of pyridine rings is 1. The molecule has 1 aromatic rings. The molecular weight excluding hydrogens is 210 g/mol. The first-order valence-electron chi connectivity index (χ1n) is 4.79. The van der Waals surface area contributed by atoms with Gasteiger partial charge in [-0.2, -0.15) is 12.6 Å². The monoisotopic (exact) mass is 223 g/mol. The summed E-state index contributed by atoms with van der Waals surface area (Å²) in [5.41, 5.74) is 7.19. The summed E-state index contributed by atoms with van der Waals surface area (Å²) in [6, 6.07) is 3.61. The topological polar surface area (TPSA) is 59.2 Å². The van der Waals surface area contributed by atoms with Crippen LogP contribution in [0.3, 0.4) is 0 Å². The van der Waals surface area contributed by atoms with Crippen LogP contribution in [0.5, 0.6) is 0 Å². The van der Waals surface area contributed by atoms with Crippen LogP contribution in [0.1, 0.15) is 12.1 Å². The van der Waals surface area contributed by atoms with Crippen molar-refractivity contribution in [3.63, 3.8) is 0 Å². The van der Waals surface area contributed by atoms with Crippen molar-refractivity contribution in [3.05, 3.63) is 17.8 Å². The lowest BCUT2D eigenvalue weighted by atomic mass is 10.3. The summed E-state index contributed by atoms with van der Waals surface area (Å²) in [5.74, 6) is 0.608. The van der Waals surface area contributed by atoms with Crippen molar-refractivity contribution in [2.24, 2.45) is 0 Å². The molecule has 0 aromatic carbocycles. The number of hydrogen-bond donors (Lipinski definition) is 2. The van der Waals surface area contributed by atoms with Gasteiger partial charge in [-0.3, -0.25) is 9.69 Å². The zero-order chi connectivity index (χ0) is 11.0. The van der Waals surface area contributed by atoms with E-state index in [2.05, 4.69) is 17.6 Å². The van der Waals surface area contributed by atoms with Gasteiger partial charge in [0.15, 0.2) is 5.82 Å². The first-order chi connectivity index (χ1) is 7.08. The second kappa shape index (κ2) is 3.73. The average Bonchev–Trinajstić information content (AvgIpc) is 2.50. The average molecular weight is 223 g/mol. The molecule has 0 bridgehead atoms. The van der Waals surface area contributed by atoms with Crippen molar-refractivity contribution in [2.45, 2.75) is 18.6 Å². The summed E-state index contributed by atoms with van der Waals surface area (Å²) in [7, 11) is 0. The molecule has 2 rings (SSSR count). The highest BCUT2D eigenvalue weighted by Gasteiger charge is 2.30. The predicted octanol–water partition coefficient (Wildman–Crippen LogP) is 1.01. The van der Waals surface area contributed by atoms with Gasteiger partial charge in [-0.25, -0.2) is 4.98 Å². The Morgan fingerprint density at radius 3 is 2.93 bits per heavy atom. The molecule has 1 atom stereocenters. The molecule has 1 unspecified atom stereocenters. The zero-order valence-electron chi connectivity index (χ0n) is 8.47. The Morgan fingerprint density at radius 2 is 2.33 bits per heavy atom. The van der Waals surface area contributed by atoms with Crippen LogP contribution in [-0.2, 0) is 4.79 Å². The number of aromatic nitrogens is 1. The van der Waals surface area contributed by atoms with Gasteiger partial charge in [0.1, 0.15) is 0 Å². The summed E-state index contributed by atoms with van der Waals surface area (Å²) >= 11 is 4.29. The lowest BCUT2D eigenvalue weighted by Gasteiger charge is -2.17. The molecule has 1 saturated heterocycles. The van der Waals surface area contributed by atoms with Crippen molar-refractivity contribution in [3.8, 4) is 0 Å². The van der Waals surface area contributed by atoms with Crippen molar-refractivity contribution >= 4 is 30.0 Å². The van der Waals surface area contributed by atoms with E-state index >= 15 is 0 Å². The SMILES string of the molecule is Cc1ccc(N)c(N2CC(S)CC2=O)n1. The molecule has 1 aromatic heterocycles. The van der Waals surface area contributed by atoms with Gasteiger partial charge in [0.2, 0.25) is 5.91 Å². The van der Waals surface area contributed by atoms with E-state index in [9.17, 15) is 4.79 Å². The van der Waals surface area contributed by atoms with E-state index in [4.69, 9.17) is 5.73 Å². The summed E-state index contributed by atoms with van der Waals surface area (Å²) in [4.78, 5) is 17.5. The molecule has 1 fully saturated rings. The van der Waals surface area contributed by atoms with Crippen LogP contribution < -0.4 is 10.6 Å². The van der Waals surface area contributed by atoms with Crippen LogP contribution in [0.4, 0.5) is 11.5 Å². The minimum atomic E-state index is 0.0415. The standard InChI is InChI=1S/C10H13N3OS/c1-6-2-3-8(11)10(12-6)13-5-7(15)4-9(13)14/h2-3,7,15H,4-5,11H2,1H3. The Kier molecular flexibility index (Phi) is 2.56. The van der Waals surface area contributed by atoms with Gasteiger partial charge in [0.05, 0.1) is 5.69 Å². The summed E-state index contributed by atoms with van der Waals surface area (Å²) < 4.78 is 0. The normalized spacial score (nSPS) is 21.1. The number of aryl methyl sites for hydroxylation is 1. The largest absolute Gasteiger partial charge is 0.396 e. The van der Waals surface area contributed by atoms with Gasteiger partial charge in [-0.15, -0.1) is 0 Å². The number of nitrogens with two attached hydrogens (primary N) is 1. The van der Waals surface area contributed by atoms with Crippen LogP contribution in [0.15, 0.2) is 12.1 Å². The van der Waals surface area contributed by atoms with Crippen LogP contribution in [0.2, 0.25) is 0 Å². The number of amides is 1. The molecule has 1 amide bonds. The second-order valence-electron chi connectivity index (χ2n) is 3.73. The van der Waals surface area contributed by atoms with Crippen molar-refractivity contribution in [2.75, 3.05) is 17.2 Å². The van der Waals surface area contributed by atoms with Crippen LogP contribution in [0, 0.1) is 6.92 Å². The van der Waals surface area contributed by atoms with Crippen LogP contribution >= 0.6 is 12.6 Å². The Hall–Kier alpha value is -1.23. The smallest absolute Gasteiger partial charge is 0.229 e. The van der Waals surface area contributed by atoms with E-state index in [1.54, 1.807) is 11.0 Å². The van der Waals surface area contributed by atoms with Gasteiger partial charge in [-0.1, -0.05) is 0 Å².